The molecule has 0 unspecified atom stereocenters. The minimum Gasteiger partial charge on any atom is -0.483 e. The van der Waals surface area contributed by atoms with Gasteiger partial charge in [-0.15, -0.1) is 0 Å². The Bertz CT molecular complexity index is 653. The predicted molar refractivity (Wildman–Crippen MR) is 83.3 cm³/mol. The standard InChI is InChI=1S/C15H16ClN3O4/c1-3-22-15(21)11(7-17)8-18-19-14(20)9-23-13-5-4-12(16)6-10(13)2/h4-6,8,18H,3,9H2,1-2H3,(H,19,20)/b11-8+. The fourth-order valence-electron chi connectivity index (χ4n) is 1.49. The van der Waals surface area contributed by atoms with Gasteiger partial charge in [0.15, 0.2) is 12.2 Å². The zero-order valence-electron chi connectivity index (χ0n) is 12.7. The molecule has 0 bridgehead atoms. The first kappa shape index (κ1) is 18.3. The Hall–Kier alpha value is -2.72. The number of hydrogen-bond acceptors (Lipinski definition) is 6. The van der Waals surface area contributed by atoms with Crippen molar-refractivity contribution in [1.29, 1.82) is 5.26 Å². The van der Waals surface area contributed by atoms with Crippen molar-refractivity contribution in [2.75, 3.05) is 13.2 Å². The van der Waals surface area contributed by atoms with Crippen molar-refractivity contribution in [2.45, 2.75) is 13.8 Å². The number of ether oxygens (including phenoxy) is 2. The lowest BCUT2D eigenvalue weighted by molar-refractivity contribution is -0.138. The summed E-state index contributed by atoms with van der Waals surface area (Å²) in [6.45, 7) is 3.33. The van der Waals surface area contributed by atoms with Gasteiger partial charge in [0.1, 0.15) is 11.8 Å². The zero-order valence-corrected chi connectivity index (χ0v) is 13.4. The van der Waals surface area contributed by atoms with Gasteiger partial charge < -0.3 is 14.9 Å². The summed E-state index contributed by atoms with van der Waals surface area (Å²) in [4.78, 5) is 22.9. The normalized spacial score (nSPS) is 10.4. The Morgan fingerprint density at radius 3 is 2.78 bits per heavy atom. The smallest absolute Gasteiger partial charge is 0.350 e. The van der Waals surface area contributed by atoms with Gasteiger partial charge in [0, 0.05) is 11.2 Å². The lowest BCUT2D eigenvalue weighted by Gasteiger charge is -2.09. The number of nitrogens with one attached hydrogen (secondary N) is 2. The molecule has 1 aromatic rings. The molecule has 2 N–H and O–H groups in total. The van der Waals surface area contributed by atoms with Crippen LogP contribution in [0.5, 0.6) is 5.75 Å². The molecule has 0 saturated carbocycles. The highest BCUT2D eigenvalue weighted by molar-refractivity contribution is 6.30. The van der Waals surface area contributed by atoms with E-state index in [0.717, 1.165) is 11.8 Å². The second-order valence-corrected chi connectivity index (χ2v) is 4.72. The first-order valence-corrected chi connectivity index (χ1v) is 7.06. The van der Waals surface area contributed by atoms with E-state index >= 15 is 0 Å². The summed E-state index contributed by atoms with van der Waals surface area (Å²) in [7, 11) is 0. The van der Waals surface area contributed by atoms with Crippen molar-refractivity contribution in [3.05, 3.63) is 40.6 Å². The number of amides is 1. The predicted octanol–water partition coefficient (Wildman–Crippen LogP) is 1.62. The molecule has 0 spiro atoms. The molecule has 0 aromatic heterocycles. The molecule has 122 valence electrons. The fraction of sp³-hybridized carbons (Fsp3) is 0.267. The highest BCUT2D eigenvalue weighted by Gasteiger charge is 2.09. The molecule has 0 aliphatic heterocycles. The summed E-state index contributed by atoms with van der Waals surface area (Å²) in [5.74, 6) is -0.731. The Kier molecular flexibility index (Phi) is 7.43. The number of carbonyl (C=O) groups excluding carboxylic acids is 2. The van der Waals surface area contributed by atoms with Crippen LogP contribution >= 0.6 is 11.6 Å². The second kappa shape index (κ2) is 9.33. The summed E-state index contributed by atoms with van der Waals surface area (Å²) in [6.07, 6.45) is 1.05. The maximum absolute atomic E-state index is 11.6. The van der Waals surface area contributed by atoms with E-state index < -0.39 is 11.9 Å². The van der Waals surface area contributed by atoms with Crippen molar-refractivity contribution < 1.29 is 19.1 Å². The third kappa shape index (κ3) is 6.28. The monoisotopic (exact) mass is 337 g/mol. The molecule has 8 heteroatoms. The van der Waals surface area contributed by atoms with Gasteiger partial charge in [0.2, 0.25) is 0 Å². The van der Waals surface area contributed by atoms with Gasteiger partial charge in [-0.1, -0.05) is 11.6 Å². The van der Waals surface area contributed by atoms with Crippen molar-refractivity contribution >= 4 is 23.5 Å². The summed E-state index contributed by atoms with van der Waals surface area (Å²) in [6, 6.07) is 6.69. The summed E-state index contributed by atoms with van der Waals surface area (Å²) >= 11 is 5.82. The molecule has 1 aromatic carbocycles. The van der Waals surface area contributed by atoms with Crippen molar-refractivity contribution in [3.8, 4) is 11.8 Å². The number of esters is 1. The van der Waals surface area contributed by atoms with Crippen molar-refractivity contribution in [2.24, 2.45) is 0 Å². The van der Waals surface area contributed by atoms with E-state index in [2.05, 4.69) is 15.6 Å². The third-order valence-electron chi connectivity index (χ3n) is 2.54. The van der Waals surface area contributed by atoms with Crippen LogP contribution in [0.4, 0.5) is 0 Å². The molecule has 0 atom stereocenters. The third-order valence-corrected chi connectivity index (χ3v) is 2.77. The number of nitriles is 1. The number of benzene rings is 1. The van der Waals surface area contributed by atoms with E-state index in [4.69, 9.17) is 21.6 Å². The molecule has 0 saturated heterocycles. The van der Waals surface area contributed by atoms with E-state index in [0.29, 0.717) is 10.8 Å². The number of hydrazine groups is 1. The second-order valence-electron chi connectivity index (χ2n) is 4.28. The van der Waals surface area contributed by atoms with Crippen LogP contribution in [0.1, 0.15) is 12.5 Å². The number of aryl methyl sites for hydroxylation is 1. The first-order valence-electron chi connectivity index (χ1n) is 6.68. The van der Waals surface area contributed by atoms with E-state index in [1.807, 2.05) is 0 Å². The van der Waals surface area contributed by atoms with Gasteiger partial charge >= 0.3 is 5.97 Å². The van der Waals surface area contributed by atoms with Crippen LogP contribution in [-0.4, -0.2) is 25.1 Å². The van der Waals surface area contributed by atoms with Crippen LogP contribution < -0.4 is 15.6 Å². The maximum Gasteiger partial charge on any atom is 0.350 e. The minimum absolute atomic E-state index is 0.151. The van der Waals surface area contributed by atoms with Gasteiger partial charge in [-0.3, -0.25) is 10.2 Å². The molecule has 1 amide bonds. The molecular weight excluding hydrogens is 322 g/mol. The zero-order chi connectivity index (χ0) is 17.2. The van der Waals surface area contributed by atoms with E-state index in [9.17, 15) is 9.59 Å². The number of nitrogens with zero attached hydrogens (tertiary/aromatic N) is 1. The van der Waals surface area contributed by atoms with E-state index in [1.54, 1.807) is 38.1 Å². The Morgan fingerprint density at radius 1 is 1.43 bits per heavy atom. The average molecular weight is 338 g/mol. The highest BCUT2D eigenvalue weighted by Crippen LogP contribution is 2.21. The molecule has 7 nitrogen and oxygen atoms in total. The van der Waals surface area contributed by atoms with Crippen LogP contribution in [-0.2, 0) is 14.3 Å². The molecule has 0 heterocycles. The molecule has 0 aliphatic carbocycles. The molecular formula is C15H16ClN3O4. The maximum atomic E-state index is 11.6. The van der Waals surface area contributed by atoms with Gasteiger partial charge in [-0.05, 0) is 37.6 Å². The number of carbonyl (C=O) groups is 2. The van der Waals surface area contributed by atoms with Crippen LogP contribution in [0.2, 0.25) is 5.02 Å². The molecule has 0 radical (unpaired) electrons. The first-order chi connectivity index (χ1) is 11.0. The lowest BCUT2D eigenvalue weighted by atomic mass is 10.2. The van der Waals surface area contributed by atoms with Crippen LogP contribution in [0.25, 0.3) is 0 Å². The van der Waals surface area contributed by atoms with Gasteiger partial charge in [-0.2, -0.15) is 5.26 Å². The SMILES string of the molecule is CCOC(=O)/C(C#N)=C/NNC(=O)COc1ccc(Cl)cc1C. The summed E-state index contributed by atoms with van der Waals surface area (Å²) in [5.41, 5.74) is 5.16. The van der Waals surface area contributed by atoms with Gasteiger partial charge in [-0.25, -0.2) is 4.79 Å². The molecule has 0 aliphatic rings. The summed E-state index contributed by atoms with van der Waals surface area (Å²) in [5, 5.41) is 9.36. The Labute approximate surface area is 138 Å². The van der Waals surface area contributed by atoms with Crippen LogP contribution in [0.15, 0.2) is 30.0 Å². The van der Waals surface area contributed by atoms with Crippen molar-refractivity contribution in [1.82, 2.24) is 10.9 Å². The molecule has 0 fully saturated rings. The largest absolute Gasteiger partial charge is 0.483 e. The van der Waals surface area contributed by atoms with E-state index in [-0.39, 0.29) is 18.8 Å². The van der Waals surface area contributed by atoms with E-state index in [1.165, 1.54) is 0 Å². The van der Waals surface area contributed by atoms with Crippen LogP contribution in [0.3, 0.4) is 0 Å². The topological polar surface area (TPSA) is 100 Å². The molecule has 23 heavy (non-hydrogen) atoms. The molecule has 1 rings (SSSR count). The average Bonchev–Trinajstić information content (AvgIpc) is 2.51. The van der Waals surface area contributed by atoms with Gasteiger partial charge in [0.05, 0.1) is 6.61 Å². The lowest BCUT2D eigenvalue weighted by Crippen LogP contribution is -2.37. The Morgan fingerprint density at radius 2 is 2.17 bits per heavy atom. The number of hydrogen-bond donors (Lipinski definition) is 2. The quantitative estimate of drug-likeness (QED) is 0.339. The fourth-order valence-corrected chi connectivity index (χ4v) is 1.72. The Balaban J connectivity index is 2.45. The minimum atomic E-state index is -0.773. The van der Waals surface area contributed by atoms with Crippen LogP contribution in [0, 0.1) is 18.3 Å². The van der Waals surface area contributed by atoms with Gasteiger partial charge in [0.25, 0.3) is 5.91 Å². The number of halogens is 1. The summed E-state index contributed by atoms with van der Waals surface area (Å²) < 4.78 is 10.00. The number of rotatable bonds is 7. The van der Waals surface area contributed by atoms with Crippen molar-refractivity contribution in [3.63, 3.8) is 0 Å². The highest BCUT2D eigenvalue weighted by atomic mass is 35.5.